The molecule has 0 amide bonds. The zero-order valence-electron chi connectivity index (χ0n) is 12.6. The smallest absolute Gasteiger partial charge is 0.333 e. The van der Waals surface area contributed by atoms with Crippen LogP contribution in [0.4, 0.5) is 5.69 Å². The second-order valence-electron chi connectivity index (χ2n) is 5.30. The van der Waals surface area contributed by atoms with Crippen LogP contribution >= 0.6 is 0 Å². The van der Waals surface area contributed by atoms with Crippen LogP contribution in [0.2, 0.25) is 0 Å². The van der Waals surface area contributed by atoms with Gasteiger partial charge in [-0.2, -0.15) is 0 Å². The van der Waals surface area contributed by atoms with Crippen LogP contribution in [-0.4, -0.2) is 55.2 Å². The molecule has 0 bridgehead atoms. The summed E-state index contributed by atoms with van der Waals surface area (Å²) < 4.78 is 5.10. The minimum atomic E-state index is -0.294. The van der Waals surface area contributed by atoms with Crippen molar-refractivity contribution in [1.82, 2.24) is 9.88 Å². The third kappa shape index (κ3) is 4.86. The van der Waals surface area contributed by atoms with Gasteiger partial charge in [0.25, 0.3) is 0 Å². The lowest BCUT2D eigenvalue weighted by Gasteiger charge is -2.36. The Balaban J connectivity index is 1.63. The van der Waals surface area contributed by atoms with Crippen LogP contribution < -0.4 is 4.90 Å². The average molecular weight is 289 g/mol. The first-order valence-electron chi connectivity index (χ1n) is 7.37. The standard InChI is InChI=1S/C16H23N3O2/c1-14(2)16(20)21-13-3-8-18-9-11-19(12-10-18)15-4-6-17-7-5-15/h4-7H,1,3,8-13H2,2H3. The molecule has 1 aliphatic heterocycles. The van der Waals surface area contributed by atoms with Crippen LogP contribution in [-0.2, 0) is 9.53 Å². The summed E-state index contributed by atoms with van der Waals surface area (Å²) >= 11 is 0. The van der Waals surface area contributed by atoms with Crippen molar-refractivity contribution in [3.63, 3.8) is 0 Å². The van der Waals surface area contributed by atoms with Crippen LogP contribution in [0.5, 0.6) is 0 Å². The highest BCUT2D eigenvalue weighted by molar-refractivity contribution is 5.86. The molecule has 114 valence electrons. The number of aromatic nitrogens is 1. The molecular weight excluding hydrogens is 266 g/mol. The summed E-state index contributed by atoms with van der Waals surface area (Å²) in [4.78, 5) is 20.1. The van der Waals surface area contributed by atoms with Gasteiger partial charge in [-0.05, 0) is 25.5 Å². The quantitative estimate of drug-likeness (QED) is 0.453. The molecular formula is C16H23N3O2. The number of rotatable bonds is 6. The van der Waals surface area contributed by atoms with Crippen molar-refractivity contribution in [3.8, 4) is 0 Å². The van der Waals surface area contributed by atoms with E-state index in [2.05, 4.69) is 21.4 Å². The van der Waals surface area contributed by atoms with Crippen LogP contribution in [0.1, 0.15) is 13.3 Å². The van der Waals surface area contributed by atoms with Crippen molar-refractivity contribution >= 4 is 11.7 Å². The second-order valence-corrected chi connectivity index (χ2v) is 5.30. The normalized spacial score (nSPS) is 15.8. The molecule has 0 N–H and O–H groups in total. The van der Waals surface area contributed by atoms with Crippen molar-refractivity contribution in [3.05, 3.63) is 36.7 Å². The van der Waals surface area contributed by atoms with Crippen LogP contribution in [0.15, 0.2) is 36.7 Å². The molecule has 1 aromatic heterocycles. The van der Waals surface area contributed by atoms with Gasteiger partial charge in [0.05, 0.1) is 6.61 Å². The van der Waals surface area contributed by atoms with Crippen molar-refractivity contribution in [2.24, 2.45) is 0 Å². The number of anilines is 1. The molecule has 21 heavy (non-hydrogen) atoms. The molecule has 5 heteroatoms. The zero-order valence-corrected chi connectivity index (χ0v) is 12.6. The monoisotopic (exact) mass is 289 g/mol. The minimum Gasteiger partial charge on any atom is -0.462 e. The average Bonchev–Trinajstić information content (AvgIpc) is 2.52. The summed E-state index contributed by atoms with van der Waals surface area (Å²) in [5.74, 6) is -0.294. The maximum absolute atomic E-state index is 11.2. The van der Waals surface area contributed by atoms with Crippen molar-refractivity contribution in [1.29, 1.82) is 0 Å². The Hall–Kier alpha value is -1.88. The van der Waals surface area contributed by atoms with Crippen molar-refractivity contribution < 1.29 is 9.53 Å². The van der Waals surface area contributed by atoms with Crippen molar-refractivity contribution in [2.45, 2.75) is 13.3 Å². The van der Waals surface area contributed by atoms with E-state index in [9.17, 15) is 4.79 Å². The van der Waals surface area contributed by atoms with Gasteiger partial charge in [-0.25, -0.2) is 4.79 Å². The van der Waals surface area contributed by atoms with Gasteiger partial charge >= 0.3 is 5.97 Å². The molecule has 1 aromatic rings. The SMILES string of the molecule is C=C(C)C(=O)OCCCN1CCN(c2ccncc2)CC1. The van der Waals surface area contributed by atoms with Gasteiger partial charge in [0.2, 0.25) is 0 Å². The first-order valence-corrected chi connectivity index (χ1v) is 7.37. The number of ether oxygens (including phenoxy) is 1. The Morgan fingerprint density at radius 2 is 1.95 bits per heavy atom. The van der Waals surface area contributed by atoms with Gasteiger partial charge in [0, 0.05) is 56.4 Å². The lowest BCUT2D eigenvalue weighted by molar-refractivity contribution is -0.139. The van der Waals surface area contributed by atoms with Gasteiger partial charge in [0.1, 0.15) is 0 Å². The van der Waals surface area contributed by atoms with Gasteiger partial charge in [0.15, 0.2) is 0 Å². The molecule has 1 aliphatic rings. The topological polar surface area (TPSA) is 45.7 Å². The molecule has 2 rings (SSSR count). The Kier molecular flexibility index (Phi) is 5.75. The lowest BCUT2D eigenvalue weighted by Crippen LogP contribution is -2.46. The van der Waals surface area contributed by atoms with Gasteiger partial charge < -0.3 is 9.64 Å². The molecule has 1 saturated heterocycles. The van der Waals surface area contributed by atoms with E-state index in [1.165, 1.54) is 5.69 Å². The predicted octanol–water partition coefficient (Wildman–Crippen LogP) is 1.71. The highest BCUT2D eigenvalue weighted by atomic mass is 16.5. The summed E-state index contributed by atoms with van der Waals surface area (Å²) in [7, 11) is 0. The largest absolute Gasteiger partial charge is 0.462 e. The molecule has 5 nitrogen and oxygen atoms in total. The third-order valence-electron chi connectivity index (χ3n) is 3.60. The summed E-state index contributed by atoms with van der Waals surface area (Å²) in [6.45, 7) is 10.8. The fourth-order valence-electron chi connectivity index (χ4n) is 2.36. The highest BCUT2D eigenvalue weighted by Gasteiger charge is 2.16. The van der Waals surface area contributed by atoms with E-state index in [-0.39, 0.29) is 5.97 Å². The number of carbonyl (C=O) groups excluding carboxylic acids is 1. The molecule has 0 spiro atoms. The van der Waals surface area contributed by atoms with Crippen LogP contribution in [0.3, 0.4) is 0 Å². The maximum atomic E-state index is 11.2. The van der Waals surface area contributed by atoms with Gasteiger partial charge in [-0.1, -0.05) is 6.58 Å². The second kappa shape index (κ2) is 7.78. The molecule has 0 unspecified atom stereocenters. The molecule has 0 aliphatic carbocycles. The molecule has 2 heterocycles. The Morgan fingerprint density at radius 3 is 2.57 bits per heavy atom. The zero-order chi connectivity index (χ0) is 15.1. The van der Waals surface area contributed by atoms with E-state index >= 15 is 0 Å². The van der Waals surface area contributed by atoms with E-state index in [0.29, 0.717) is 12.2 Å². The molecule has 0 radical (unpaired) electrons. The van der Waals surface area contributed by atoms with E-state index in [0.717, 1.165) is 39.1 Å². The first-order chi connectivity index (χ1) is 10.2. The van der Waals surface area contributed by atoms with Crippen LogP contribution in [0.25, 0.3) is 0 Å². The summed E-state index contributed by atoms with van der Waals surface area (Å²) in [6.07, 6.45) is 4.53. The van der Waals surface area contributed by atoms with E-state index in [1.54, 1.807) is 6.92 Å². The Labute approximate surface area is 126 Å². The molecule has 0 aromatic carbocycles. The van der Waals surface area contributed by atoms with E-state index in [1.807, 2.05) is 24.5 Å². The molecule has 0 saturated carbocycles. The molecule has 1 fully saturated rings. The third-order valence-corrected chi connectivity index (χ3v) is 3.60. The Bertz CT molecular complexity index is 468. The van der Waals surface area contributed by atoms with E-state index in [4.69, 9.17) is 4.74 Å². The number of carbonyl (C=O) groups is 1. The molecule has 0 atom stereocenters. The number of esters is 1. The summed E-state index contributed by atoms with van der Waals surface area (Å²) in [6, 6.07) is 4.10. The number of hydrogen-bond acceptors (Lipinski definition) is 5. The lowest BCUT2D eigenvalue weighted by atomic mass is 10.2. The Morgan fingerprint density at radius 1 is 1.29 bits per heavy atom. The van der Waals surface area contributed by atoms with Crippen LogP contribution in [0, 0.1) is 0 Å². The van der Waals surface area contributed by atoms with Crippen molar-refractivity contribution in [2.75, 3.05) is 44.2 Å². The fraction of sp³-hybridized carbons (Fsp3) is 0.500. The first kappa shape index (κ1) is 15.5. The fourth-order valence-corrected chi connectivity index (χ4v) is 2.36. The minimum absolute atomic E-state index is 0.294. The van der Waals surface area contributed by atoms with Gasteiger partial charge in [-0.3, -0.25) is 9.88 Å². The number of hydrogen-bond donors (Lipinski definition) is 0. The maximum Gasteiger partial charge on any atom is 0.333 e. The number of nitrogens with zero attached hydrogens (tertiary/aromatic N) is 3. The predicted molar refractivity (Wildman–Crippen MR) is 83.3 cm³/mol. The van der Waals surface area contributed by atoms with E-state index < -0.39 is 0 Å². The number of piperazine rings is 1. The summed E-state index contributed by atoms with van der Waals surface area (Å²) in [5.41, 5.74) is 1.70. The number of pyridine rings is 1. The highest BCUT2D eigenvalue weighted by Crippen LogP contribution is 2.14. The van der Waals surface area contributed by atoms with Gasteiger partial charge in [-0.15, -0.1) is 0 Å². The summed E-state index contributed by atoms with van der Waals surface area (Å²) in [5, 5.41) is 0.